The van der Waals surface area contributed by atoms with E-state index < -0.39 is 29.0 Å². The van der Waals surface area contributed by atoms with E-state index in [9.17, 15) is 14.7 Å². The van der Waals surface area contributed by atoms with Gasteiger partial charge in [-0.3, -0.25) is 9.59 Å². The van der Waals surface area contributed by atoms with Gasteiger partial charge in [0.05, 0.1) is 25.2 Å². The van der Waals surface area contributed by atoms with Gasteiger partial charge in [0.1, 0.15) is 30.5 Å². The van der Waals surface area contributed by atoms with Gasteiger partial charge in [0.25, 0.3) is 0 Å². The average molecular weight is 736 g/mol. The standard InChI is InChI=1S/C41H53N9O4/c1-7-39(4)20-32(40(5)26(2)12-14-41(27(3)36(39)53)15-13-31(51)35(40)41)54-33(52)23-50-22-30(45-46-50)29-10-8-28(9-11-29)21-49-25-44-34-37(42-24-43-38(34)49)48-18-16-47(6)17-19-48/h7-11,22,24-27,32,35-36,53H,1,12-21,23H2,2-6H3/t26-,27+,32-,35+,36+,39-,40+,41+/m1/s1. The second-order valence-corrected chi connectivity index (χ2v) is 17.1. The van der Waals surface area contributed by atoms with Crippen molar-refractivity contribution >= 4 is 28.7 Å². The van der Waals surface area contributed by atoms with Crippen molar-refractivity contribution in [2.45, 2.75) is 85.1 Å². The molecule has 4 aromatic rings. The van der Waals surface area contributed by atoms with Gasteiger partial charge >= 0.3 is 5.97 Å². The van der Waals surface area contributed by atoms with Crippen molar-refractivity contribution in [1.82, 2.24) is 39.4 Å². The molecule has 0 unspecified atom stereocenters. The van der Waals surface area contributed by atoms with Crippen molar-refractivity contribution in [2.24, 2.45) is 34.0 Å². The summed E-state index contributed by atoms with van der Waals surface area (Å²) in [7, 11) is 2.14. The number of esters is 1. The van der Waals surface area contributed by atoms with Crippen LogP contribution in [0.3, 0.4) is 0 Å². The average Bonchev–Trinajstić information content (AvgIpc) is 3.90. The van der Waals surface area contributed by atoms with Gasteiger partial charge in [-0.25, -0.2) is 19.6 Å². The largest absolute Gasteiger partial charge is 0.460 e. The zero-order valence-corrected chi connectivity index (χ0v) is 32.2. The first-order chi connectivity index (χ1) is 25.9. The Morgan fingerprint density at radius 2 is 1.83 bits per heavy atom. The molecule has 4 aliphatic rings. The predicted molar refractivity (Wildman–Crippen MR) is 204 cm³/mol. The number of hydrogen-bond donors (Lipinski definition) is 1. The molecule has 4 fully saturated rings. The van der Waals surface area contributed by atoms with Crippen molar-refractivity contribution in [1.29, 1.82) is 0 Å². The molecule has 8 rings (SSSR count). The number of hydrogen-bond acceptors (Lipinski definition) is 11. The maximum Gasteiger partial charge on any atom is 0.328 e. The molecule has 2 bridgehead atoms. The molecule has 0 amide bonds. The maximum absolute atomic E-state index is 13.8. The van der Waals surface area contributed by atoms with Gasteiger partial charge in [-0.1, -0.05) is 63.2 Å². The highest BCUT2D eigenvalue weighted by Crippen LogP contribution is 2.68. The second-order valence-electron chi connectivity index (χ2n) is 17.1. The fourth-order valence-electron chi connectivity index (χ4n) is 10.5. The van der Waals surface area contributed by atoms with Crippen molar-refractivity contribution in [3.63, 3.8) is 0 Å². The molecular formula is C41H53N9O4. The number of Topliss-reactive ketones (excluding diaryl/α,β-unsaturated/α-hetero) is 1. The van der Waals surface area contributed by atoms with Crippen LogP contribution in [0.15, 0.2) is 55.8 Å². The van der Waals surface area contributed by atoms with E-state index in [2.05, 4.69) is 64.5 Å². The number of imidazole rings is 1. The Kier molecular flexibility index (Phi) is 9.23. The molecule has 13 nitrogen and oxygen atoms in total. The Morgan fingerprint density at radius 1 is 1.07 bits per heavy atom. The number of aliphatic hydroxyl groups excluding tert-OH is 1. The van der Waals surface area contributed by atoms with Gasteiger partial charge in [-0.2, -0.15) is 0 Å². The van der Waals surface area contributed by atoms with Crippen LogP contribution in [0.25, 0.3) is 22.4 Å². The van der Waals surface area contributed by atoms with Crippen molar-refractivity contribution in [3.05, 3.63) is 61.3 Å². The smallest absolute Gasteiger partial charge is 0.328 e. The lowest BCUT2D eigenvalue weighted by Crippen LogP contribution is -2.63. The first kappa shape index (κ1) is 36.5. The Hall–Kier alpha value is -4.49. The summed E-state index contributed by atoms with van der Waals surface area (Å²) in [6.07, 6.45) is 9.21. The molecule has 1 N–H and O–H groups in total. The minimum Gasteiger partial charge on any atom is -0.460 e. The molecule has 13 heteroatoms. The number of aliphatic hydroxyl groups is 1. The molecule has 0 spiro atoms. The number of ether oxygens (including phenoxy) is 1. The number of fused-ring (bicyclic) bond motifs is 1. The third-order valence-electron chi connectivity index (χ3n) is 14.2. The highest BCUT2D eigenvalue weighted by atomic mass is 16.5. The molecule has 3 aromatic heterocycles. The van der Waals surface area contributed by atoms with Crippen LogP contribution in [-0.4, -0.2) is 102 Å². The molecule has 54 heavy (non-hydrogen) atoms. The number of rotatable bonds is 8. The SMILES string of the molecule is C=C[C@]1(C)C[C@@H](OC(=O)Cn2cc(-c3ccc(Cn4cnc5c(N6CCN(C)CC6)ncnc54)cc3)nn2)[C@]2(C)[C@H](C)CC[C@]3(CCC(=O)[C@H]32)[C@@H](C)[C@@H]1O. The molecule has 4 heterocycles. The number of carbonyl (C=O) groups is 2. The number of likely N-dealkylation sites (N-methyl/N-ethyl adjacent to an activating group) is 1. The van der Waals surface area contributed by atoms with Crippen LogP contribution in [0.5, 0.6) is 0 Å². The van der Waals surface area contributed by atoms with Crippen LogP contribution in [0.4, 0.5) is 5.82 Å². The summed E-state index contributed by atoms with van der Waals surface area (Å²) in [5, 5.41) is 20.5. The van der Waals surface area contributed by atoms with Crippen LogP contribution in [0.2, 0.25) is 0 Å². The number of anilines is 1. The summed E-state index contributed by atoms with van der Waals surface area (Å²) in [5.74, 6) is 0.486. The summed E-state index contributed by atoms with van der Waals surface area (Å²) < 4.78 is 9.97. The summed E-state index contributed by atoms with van der Waals surface area (Å²) in [5.41, 5.74) is 2.63. The zero-order chi connectivity index (χ0) is 38.0. The monoisotopic (exact) mass is 735 g/mol. The molecule has 1 aromatic carbocycles. The fraction of sp³-hybridized carbons (Fsp3) is 0.585. The van der Waals surface area contributed by atoms with Gasteiger partial charge in [0.2, 0.25) is 0 Å². The number of carbonyl (C=O) groups excluding carboxylic acids is 2. The Labute approximate surface area is 316 Å². The number of benzene rings is 1. The highest BCUT2D eigenvalue weighted by Gasteiger charge is 2.68. The highest BCUT2D eigenvalue weighted by molar-refractivity contribution is 5.86. The van der Waals surface area contributed by atoms with Crippen molar-refractivity contribution in [3.8, 4) is 11.3 Å². The van der Waals surface area contributed by atoms with E-state index in [-0.39, 0.29) is 35.5 Å². The third-order valence-corrected chi connectivity index (χ3v) is 14.2. The normalized spacial score (nSPS) is 33.0. The zero-order valence-electron chi connectivity index (χ0n) is 32.2. The molecular weight excluding hydrogens is 683 g/mol. The second kappa shape index (κ2) is 13.7. The van der Waals surface area contributed by atoms with Crippen molar-refractivity contribution < 1.29 is 19.4 Å². The van der Waals surface area contributed by atoms with E-state index in [0.29, 0.717) is 25.1 Å². The summed E-state index contributed by atoms with van der Waals surface area (Å²) in [6.45, 7) is 16.8. The van der Waals surface area contributed by atoms with Gasteiger partial charge in [0.15, 0.2) is 17.0 Å². The lowest BCUT2D eigenvalue weighted by Gasteiger charge is -2.61. The van der Waals surface area contributed by atoms with Gasteiger partial charge in [0, 0.05) is 54.9 Å². The van der Waals surface area contributed by atoms with E-state index in [1.807, 2.05) is 48.2 Å². The van der Waals surface area contributed by atoms with Crippen LogP contribution in [0.1, 0.15) is 65.4 Å². The third kappa shape index (κ3) is 5.94. The number of aromatic nitrogens is 7. The fourth-order valence-corrected chi connectivity index (χ4v) is 10.5. The molecule has 3 aliphatic carbocycles. The molecule has 8 atom stereocenters. The van der Waals surface area contributed by atoms with E-state index in [1.54, 1.807) is 12.5 Å². The number of ketones is 1. The summed E-state index contributed by atoms with van der Waals surface area (Å²) in [6, 6.07) is 8.10. The van der Waals surface area contributed by atoms with E-state index >= 15 is 0 Å². The Balaban J connectivity index is 0.966. The summed E-state index contributed by atoms with van der Waals surface area (Å²) in [4.78, 5) is 45.9. The first-order valence-electron chi connectivity index (χ1n) is 19.5. The predicted octanol–water partition coefficient (Wildman–Crippen LogP) is 4.79. The molecule has 286 valence electrons. The summed E-state index contributed by atoms with van der Waals surface area (Å²) >= 11 is 0. The number of piperazine rings is 1. The van der Waals surface area contributed by atoms with E-state index in [4.69, 9.17) is 9.72 Å². The Morgan fingerprint density at radius 3 is 2.57 bits per heavy atom. The Bertz CT molecular complexity index is 2050. The first-order valence-corrected chi connectivity index (χ1v) is 19.5. The lowest BCUT2D eigenvalue weighted by molar-refractivity contribution is -0.207. The van der Waals surface area contributed by atoms with Gasteiger partial charge < -0.3 is 24.2 Å². The van der Waals surface area contributed by atoms with Crippen LogP contribution in [0, 0.1) is 34.0 Å². The molecule has 0 radical (unpaired) electrons. The molecule has 3 saturated carbocycles. The number of nitrogens with zero attached hydrogens (tertiary/aromatic N) is 9. The van der Waals surface area contributed by atoms with Gasteiger partial charge in [-0.05, 0) is 55.5 Å². The van der Waals surface area contributed by atoms with E-state index in [0.717, 1.165) is 73.6 Å². The minimum atomic E-state index is -0.708. The topological polar surface area (TPSA) is 144 Å². The van der Waals surface area contributed by atoms with E-state index in [1.165, 1.54) is 4.68 Å². The maximum atomic E-state index is 13.8. The van der Waals surface area contributed by atoms with Crippen LogP contribution in [-0.2, 0) is 27.4 Å². The van der Waals surface area contributed by atoms with Gasteiger partial charge in [-0.15, -0.1) is 11.7 Å². The van der Waals surface area contributed by atoms with Crippen LogP contribution >= 0.6 is 0 Å². The minimum absolute atomic E-state index is 0.0798. The lowest BCUT2D eigenvalue weighted by atomic mass is 9.44. The van der Waals surface area contributed by atoms with Crippen LogP contribution < -0.4 is 4.90 Å². The van der Waals surface area contributed by atoms with Crippen molar-refractivity contribution in [2.75, 3.05) is 38.1 Å². The quantitative estimate of drug-likeness (QED) is 0.197. The molecule has 1 aliphatic heterocycles. The molecule has 1 saturated heterocycles.